The van der Waals surface area contributed by atoms with Crippen molar-refractivity contribution in [2.45, 2.75) is 32.6 Å². The number of nitrogens with zero attached hydrogens (tertiary/aromatic N) is 1. The lowest BCUT2D eigenvalue weighted by atomic mass is 9.99. The zero-order valence-electron chi connectivity index (χ0n) is 12.6. The molecule has 1 aromatic rings. The minimum atomic E-state index is -0.574. The molecule has 1 saturated heterocycles. The Balaban J connectivity index is 1.79. The van der Waals surface area contributed by atoms with E-state index in [-0.39, 0.29) is 24.7 Å². The number of hydrogen-bond acceptors (Lipinski definition) is 4. The first-order valence-corrected chi connectivity index (χ1v) is 8.30. The maximum Gasteiger partial charge on any atom is 0.251 e. The SMILES string of the molecule is CC1CCN(C(=O)CCC(=O)Nc2sccc2C(N)=O)CC1. The first-order valence-electron chi connectivity index (χ1n) is 7.42. The van der Waals surface area contributed by atoms with E-state index in [1.54, 1.807) is 11.4 Å². The van der Waals surface area contributed by atoms with Crippen LogP contribution < -0.4 is 11.1 Å². The van der Waals surface area contributed by atoms with Crippen molar-refractivity contribution in [3.63, 3.8) is 0 Å². The Hall–Kier alpha value is -1.89. The summed E-state index contributed by atoms with van der Waals surface area (Å²) in [5.74, 6) is -0.166. The molecule has 22 heavy (non-hydrogen) atoms. The third kappa shape index (κ3) is 4.30. The summed E-state index contributed by atoms with van der Waals surface area (Å²) in [6.07, 6.45) is 2.35. The van der Waals surface area contributed by atoms with Crippen LogP contribution in [0.25, 0.3) is 0 Å². The van der Waals surface area contributed by atoms with Gasteiger partial charge in [-0.1, -0.05) is 6.92 Å². The van der Waals surface area contributed by atoms with E-state index < -0.39 is 5.91 Å². The second-order valence-electron chi connectivity index (χ2n) is 5.64. The monoisotopic (exact) mass is 323 g/mol. The zero-order valence-corrected chi connectivity index (χ0v) is 13.4. The number of rotatable bonds is 5. The fourth-order valence-electron chi connectivity index (χ4n) is 2.43. The molecule has 120 valence electrons. The second-order valence-corrected chi connectivity index (χ2v) is 6.56. The molecule has 2 heterocycles. The molecular weight excluding hydrogens is 302 g/mol. The molecule has 0 aromatic carbocycles. The van der Waals surface area contributed by atoms with E-state index in [0.717, 1.165) is 25.9 Å². The number of thiophene rings is 1. The first-order chi connectivity index (χ1) is 10.5. The lowest BCUT2D eigenvalue weighted by Gasteiger charge is -2.30. The number of anilines is 1. The largest absolute Gasteiger partial charge is 0.366 e. The fraction of sp³-hybridized carbons (Fsp3) is 0.533. The minimum Gasteiger partial charge on any atom is -0.366 e. The summed E-state index contributed by atoms with van der Waals surface area (Å²) in [4.78, 5) is 37.0. The molecule has 1 fully saturated rings. The Morgan fingerprint density at radius 2 is 2.00 bits per heavy atom. The van der Waals surface area contributed by atoms with Crippen LogP contribution in [0, 0.1) is 5.92 Å². The van der Waals surface area contributed by atoms with Crippen LogP contribution in [-0.4, -0.2) is 35.7 Å². The van der Waals surface area contributed by atoms with Gasteiger partial charge in [-0.3, -0.25) is 14.4 Å². The standard InChI is InChI=1S/C15H21N3O3S/c1-10-4-7-18(8-5-10)13(20)3-2-12(19)17-15-11(14(16)21)6-9-22-15/h6,9-10H,2-5,7-8H2,1H3,(H2,16,21)(H,17,19). The minimum absolute atomic E-state index is 0.0170. The van der Waals surface area contributed by atoms with E-state index >= 15 is 0 Å². The summed E-state index contributed by atoms with van der Waals surface area (Å²) in [5.41, 5.74) is 5.52. The molecule has 0 saturated carbocycles. The second kappa shape index (κ2) is 7.40. The topological polar surface area (TPSA) is 92.5 Å². The van der Waals surface area contributed by atoms with Crippen molar-refractivity contribution >= 4 is 34.1 Å². The predicted molar refractivity (Wildman–Crippen MR) is 85.7 cm³/mol. The molecule has 2 rings (SSSR count). The number of nitrogens with one attached hydrogen (secondary N) is 1. The van der Waals surface area contributed by atoms with E-state index in [2.05, 4.69) is 12.2 Å². The highest BCUT2D eigenvalue weighted by atomic mass is 32.1. The van der Waals surface area contributed by atoms with Gasteiger partial charge in [0.25, 0.3) is 5.91 Å². The Kier molecular flexibility index (Phi) is 5.54. The van der Waals surface area contributed by atoms with Crippen molar-refractivity contribution in [3.05, 3.63) is 17.0 Å². The smallest absolute Gasteiger partial charge is 0.251 e. The van der Waals surface area contributed by atoms with Crippen LogP contribution in [0.15, 0.2) is 11.4 Å². The van der Waals surface area contributed by atoms with Gasteiger partial charge in [0, 0.05) is 25.9 Å². The average Bonchev–Trinajstić information content (AvgIpc) is 2.94. The highest BCUT2D eigenvalue weighted by molar-refractivity contribution is 7.14. The summed E-state index contributed by atoms with van der Waals surface area (Å²) in [6.45, 7) is 3.74. The summed E-state index contributed by atoms with van der Waals surface area (Å²) in [5, 5.41) is 4.78. The van der Waals surface area contributed by atoms with Crippen molar-refractivity contribution in [3.8, 4) is 0 Å². The zero-order chi connectivity index (χ0) is 16.1. The van der Waals surface area contributed by atoms with Crippen LogP contribution >= 0.6 is 11.3 Å². The average molecular weight is 323 g/mol. The number of piperidine rings is 1. The molecule has 1 aromatic heterocycles. The number of carbonyl (C=O) groups excluding carboxylic acids is 3. The Bertz CT molecular complexity index is 562. The summed E-state index contributed by atoms with van der Waals surface area (Å²) >= 11 is 1.24. The van der Waals surface area contributed by atoms with Crippen LogP contribution in [0.4, 0.5) is 5.00 Å². The summed E-state index contributed by atoms with van der Waals surface area (Å²) in [6, 6.07) is 1.57. The molecule has 1 aliphatic rings. The van der Waals surface area contributed by atoms with Crippen molar-refractivity contribution in [1.29, 1.82) is 0 Å². The van der Waals surface area contributed by atoms with E-state index in [0.29, 0.717) is 16.5 Å². The fourth-order valence-corrected chi connectivity index (χ4v) is 3.23. The van der Waals surface area contributed by atoms with Gasteiger partial charge < -0.3 is 16.0 Å². The molecular formula is C15H21N3O3S. The van der Waals surface area contributed by atoms with Crippen LogP contribution in [0.3, 0.4) is 0 Å². The third-order valence-corrected chi connectivity index (χ3v) is 4.72. The van der Waals surface area contributed by atoms with Gasteiger partial charge in [-0.15, -0.1) is 11.3 Å². The van der Waals surface area contributed by atoms with E-state index in [1.807, 2.05) is 4.90 Å². The molecule has 0 radical (unpaired) electrons. The number of carbonyl (C=O) groups is 3. The van der Waals surface area contributed by atoms with E-state index in [4.69, 9.17) is 5.73 Å². The molecule has 3 amide bonds. The van der Waals surface area contributed by atoms with Crippen LogP contribution in [0.5, 0.6) is 0 Å². The maximum absolute atomic E-state index is 12.1. The van der Waals surface area contributed by atoms with Gasteiger partial charge in [0.1, 0.15) is 5.00 Å². The van der Waals surface area contributed by atoms with Gasteiger partial charge in [-0.2, -0.15) is 0 Å². The summed E-state index contributed by atoms with van der Waals surface area (Å²) < 4.78 is 0. The molecule has 0 spiro atoms. The van der Waals surface area contributed by atoms with Gasteiger partial charge in [0.05, 0.1) is 5.56 Å². The lowest BCUT2D eigenvalue weighted by Crippen LogP contribution is -2.38. The molecule has 0 unspecified atom stereocenters. The highest BCUT2D eigenvalue weighted by Crippen LogP contribution is 2.23. The summed E-state index contributed by atoms with van der Waals surface area (Å²) in [7, 11) is 0. The third-order valence-electron chi connectivity index (χ3n) is 3.89. The molecule has 0 bridgehead atoms. The number of likely N-dealkylation sites (tertiary alicyclic amines) is 1. The normalized spacial score (nSPS) is 15.6. The van der Waals surface area contributed by atoms with Crippen molar-refractivity contribution in [1.82, 2.24) is 4.90 Å². The molecule has 6 nitrogen and oxygen atoms in total. The molecule has 0 aliphatic carbocycles. The van der Waals surface area contributed by atoms with Crippen LogP contribution in [0.1, 0.15) is 43.0 Å². The van der Waals surface area contributed by atoms with Gasteiger partial charge in [0.15, 0.2) is 0 Å². The van der Waals surface area contributed by atoms with Crippen molar-refractivity contribution in [2.24, 2.45) is 11.7 Å². The highest BCUT2D eigenvalue weighted by Gasteiger charge is 2.21. The number of hydrogen-bond donors (Lipinski definition) is 2. The van der Waals surface area contributed by atoms with Gasteiger partial charge in [0.2, 0.25) is 11.8 Å². The molecule has 3 N–H and O–H groups in total. The van der Waals surface area contributed by atoms with E-state index in [1.165, 1.54) is 11.3 Å². The van der Waals surface area contributed by atoms with E-state index in [9.17, 15) is 14.4 Å². The Morgan fingerprint density at radius 1 is 1.32 bits per heavy atom. The van der Waals surface area contributed by atoms with Gasteiger partial charge in [-0.05, 0) is 30.2 Å². The Morgan fingerprint density at radius 3 is 2.64 bits per heavy atom. The number of primary amides is 1. The number of nitrogens with two attached hydrogens (primary N) is 1. The maximum atomic E-state index is 12.1. The molecule has 1 aliphatic heterocycles. The first kappa shape index (κ1) is 16.5. The van der Waals surface area contributed by atoms with Gasteiger partial charge >= 0.3 is 0 Å². The van der Waals surface area contributed by atoms with Crippen LogP contribution in [0.2, 0.25) is 0 Å². The van der Waals surface area contributed by atoms with Crippen molar-refractivity contribution in [2.75, 3.05) is 18.4 Å². The molecule has 7 heteroatoms. The van der Waals surface area contributed by atoms with Crippen molar-refractivity contribution < 1.29 is 14.4 Å². The molecule has 0 atom stereocenters. The Labute approximate surface area is 133 Å². The van der Waals surface area contributed by atoms with Crippen LogP contribution in [-0.2, 0) is 9.59 Å². The predicted octanol–water partition coefficient (Wildman–Crippen LogP) is 1.82. The quantitative estimate of drug-likeness (QED) is 0.865. The van der Waals surface area contributed by atoms with Gasteiger partial charge in [-0.25, -0.2) is 0 Å². The lowest BCUT2D eigenvalue weighted by molar-refractivity contribution is -0.134. The number of amides is 3.